The highest BCUT2D eigenvalue weighted by atomic mass is 19.4. The number of nitrogens with zero attached hydrogens (tertiary/aromatic N) is 2. The summed E-state index contributed by atoms with van der Waals surface area (Å²) in [5, 5.41) is 8.09. The van der Waals surface area contributed by atoms with Gasteiger partial charge in [-0.2, -0.15) is 18.3 Å². The van der Waals surface area contributed by atoms with Gasteiger partial charge in [0.05, 0.1) is 25.5 Å². The number of para-hydroxylation sites is 1. The number of hydrogen-bond acceptors (Lipinski definition) is 4. The first kappa shape index (κ1) is 20.1. The van der Waals surface area contributed by atoms with Gasteiger partial charge < -0.3 is 14.8 Å². The molecule has 3 aromatic rings. The summed E-state index contributed by atoms with van der Waals surface area (Å²) in [4.78, 5) is 0. The monoisotopic (exact) mass is 417 g/mol. The minimum absolute atomic E-state index is 0.351. The van der Waals surface area contributed by atoms with Gasteiger partial charge in [-0.15, -0.1) is 0 Å². The maximum atomic E-state index is 13.3. The second-order valence-electron chi connectivity index (χ2n) is 7.06. The molecule has 1 aromatic heterocycles. The lowest BCUT2D eigenvalue weighted by molar-refractivity contribution is -0.137. The Morgan fingerprint density at radius 1 is 1.03 bits per heavy atom. The second-order valence-corrected chi connectivity index (χ2v) is 7.06. The molecule has 30 heavy (non-hydrogen) atoms. The van der Waals surface area contributed by atoms with Crippen molar-refractivity contribution in [1.82, 2.24) is 9.78 Å². The van der Waals surface area contributed by atoms with Gasteiger partial charge in [-0.3, -0.25) is 0 Å². The van der Waals surface area contributed by atoms with Crippen molar-refractivity contribution in [2.45, 2.75) is 25.4 Å². The van der Waals surface area contributed by atoms with Crippen LogP contribution in [0.25, 0.3) is 16.9 Å². The second kappa shape index (κ2) is 7.93. The molecule has 0 radical (unpaired) electrons. The number of alkyl halides is 3. The van der Waals surface area contributed by atoms with Gasteiger partial charge in [-0.1, -0.05) is 12.1 Å². The smallest absolute Gasteiger partial charge is 0.416 e. The standard InChI is InChI=1S/C22H22F3N3O2/c1-29-18-11-6-10-16(20(18)30-2)19-17-9-3-4-12-26-21(17)28(27-19)15-8-5-7-14(13-15)22(23,24)25/h5-8,10-11,13,26H,3-4,9,12H2,1-2H3. The van der Waals surface area contributed by atoms with Crippen molar-refractivity contribution < 1.29 is 22.6 Å². The zero-order chi connectivity index (χ0) is 21.3. The Balaban J connectivity index is 1.93. The molecule has 0 unspecified atom stereocenters. The first-order valence-electron chi connectivity index (χ1n) is 9.69. The predicted octanol–water partition coefficient (Wildman–Crippen LogP) is 5.32. The number of methoxy groups -OCH3 is 2. The number of hydrogen-bond donors (Lipinski definition) is 1. The molecule has 0 saturated heterocycles. The lowest BCUT2D eigenvalue weighted by Crippen LogP contribution is -2.09. The van der Waals surface area contributed by atoms with Crippen molar-refractivity contribution in [2.75, 3.05) is 26.1 Å². The average Bonchev–Trinajstić information content (AvgIpc) is 2.93. The minimum Gasteiger partial charge on any atom is -0.493 e. The molecule has 0 bridgehead atoms. The molecule has 2 heterocycles. The summed E-state index contributed by atoms with van der Waals surface area (Å²) in [5.74, 6) is 1.83. The van der Waals surface area contributed by atoms with Crippen LogP contribution in [0.4, 0.5) is 19.0 Å². The molecule has 0 amide bonds. The van der Waals surface area contributed by atoms with Crippen molar-refractivity contribution in [1.29, 1.82) is 0 Å². The SMILES string of the molecule is COc1cccc(-c2nn(-c3cccc(C(F)(F)F)c3)c3c2CCCCN3)c1OC. The fourth-order valence-corrected chi connectivity index (χ4v) is 3.79. The summed E-state index contributed by atoms with van der Waals surface area (Å²) in [7, 11) is 3.12. The van der Waals surface area contributed by atoms with Crippen LogP contribution in [0.3, 0.4) is 0 Å². The van der Waals surface area contributed by atoms with Crippen molar-refractivity contribution in [3.05, 3.63) is 53.6 Å². The Labute approximate surface area is 172 Å². The van der Waals surface area contributed by atoms with Crippen LogP contribution in [0.5, 0.6) is 11.5 Å². The fourth-order valence-electron chi connectivity index (χ4n) is 3.79. The van der Waals surface area contributed by atoms with Gasteiger partial charge in [0, 0.05) is 17.7 Å². The molecule has 0 saturated carbocycles. The van der Waals surface area contributed by atoms with E-state index < -0.39 is 11.7 Å². The molecule has 2 aromatic carbocycles. The highest BCUT2D eigenvalue weighted by Gasteiger charge is 2.31. The molecule has 0 aliphatic carbocycles. The van der Waals surface area contributed by atoms with Gasteiger partial charge in [-0.25, -0.2) is 4.68 Å². The molecular weight excluding hydrogens is 395 g/mol. The molecule has 158 valence electrons. The van der Waals surface area contributed by atoms with Gasteiger partial charge in [0.15, 0.2) is 11.5 Å². The Hall–Kier alpha value is -3.16. The molecule has 4 rings (SSSR count). The first-order valence-corrected chi connectivity index (χ1v) is 9.69. The van der Waals surface area contributed by atoms with E-state index in [4.69, 9.17) is 14.6 Å². The van der Waals surface area contributed by atoms with Crippen LogP contribution < -0.4 is 14.8 Å². The predicted molar refractivity (Wildman–Crippen MR) is 109 cm³/mol. The third kappa shape index (κ3) is 3.58. The van der Waals surface area contributed by atoms with Gasteiger partial charge in [0.1, 0.15) is 11.5 Å². The summed E-state index contributed by atoms with van der Waals surface area (Å²) >= 11 is 0. The quantitative estimate of drug-likeness (QED) is 0.624. The van der Waals surface area contributed by atoms with Gasteiger partial charge in [0.2, 0.25) is 0 Å². The number of fused-ring (bicyclic) bond motifs is 1. The van der Waals surface area contributed by atoms with Crippen LogP contribution in [0.1, 0.15) is 24.0 Å². The van der Waals surface area contributed by atoms with Crippen LogP contribution in [-0.4, -0.2) is 30.5 Å². The van der Waals surface area contributed by atoms with Gasteiger partial charge in [0.25, 0.3) is 0 Å². The highest BCUT2D eigenvalue weighted by molar-refractivity contribution is 5.78. The number of benzene rings is 2. The number of aromatic nitrogens is 2. The van der Waals surface area contributed by atoms with Gasteiger partial charge in [-0.05, 0) is 49.6 Å². The number of rotatable bonds is 4. The maximum absolute atomic E-state index is 13.3. The molecule has 0 fully saturated rings. The number of halogens is 3. The van der Waals surface area contributed by atoms with Crippen LogP contribution >= 0.6 is 0 Å². The normalized spacial score (nSPS) is 13.9. The third-order valence-corrected chi connectivity index (χ3v) is 5.21. The van der Waals surface area contributed by atoms with E-state index in [-0.39, 0.29) is 0 Å². The Morgan fingerprint density at radius 3 is 2.57 bits per heavy atom. The van der Waals surface area contributed by atoms with Crippen LogP contribution in [0.15, 0.2) is 42.5 Å². The Kier molecular flexibility index (Phi) is 5.32. The summed E-state index contributed by atoms with van der Waals surface area (Å²) in [6, 6.07) is 10.7. The maximum Gasteiger partial charge on any atom is 0.416 e. The van der Waals surface area contributed by atoms with Gasteiger partial charge >= 0.3 is 6.18 Å². The van der Waals surface area contributed by atoms with Crippen LogP contribution in [0.2, 0.25) is 0 Å². The number of nitrogens with one attached hydrogen (secondary N) is 1. The van der Waals surface area contributed by atoms with Crippen molar-refractivity contribution in [2.24, 2.45) is 0 Å². The molecule has 1 N–H and O–H groups in total. The van der Waals surface area contributed by atoms with E-state index in [0.717, 1.165) is 49.1 Å². The molecule has 0 atom stereocenters. The van der Waals surface area contributed by atoms with E-state index in [1.54, 1.807) is 31.0 Å². The van der Waals surface area contributed by atoms with Crippen LogP contribution in [-0.2, 0) is 12.6 Å². The van der Waals surface area contributed by atoms with E-state index in [9.17, 15) is 13.2 Å². The lowest BCUT2D eigenvalue weighted by atomic mass is 10.0. The average molecular weight is 417 g/mol. The zero-order valence-corrected chi connectivity index (χ0v) is 16.7. The van der Waals surface area contributed by atoms with Crippen molar-refractivity contribution in [3.63, 3.8) is 0 Å². The summed E-state index contributed by atoms with van der Waals surface area (Å²) in [6.45, 7) is 0.729. The molecule has 1 aliphatic heterocycles. The Morgan fingerprint density at radius 2 is 1.83 bits per heavy atom. The third-order valence-electron chi connectivity index (χ3n) is 5.21. The van der Waals surface area contributed by atoms with E-state index >= 15 is 0 Å². The first-order chi connectivity index (χ1) is 14.4. The zero-order valence-electron chi connectivity index (χ0n) is 16.7. The summed E-state index contributed by atoms with van der Waals surface area (Å²) in [5.41, 5.74) is 2.01. The summed E-state index contributed by atoms with van der Waals surface area (Å²) < 4.78 is 52.3. The highest BCUT2D eigenvalue weighted by Crippen LogP contribution is 2.42. The van der Waals surface area contributed by atoms with Crippen LogP contribution in [0, 0.1) is 0 Å². The number of ether oxygens (including phenoxy) is 2. The lowest BCUT2D eigenvalue weighted by Gasteiger charge is -2.12. The minimum atomic E-state index is -4.42. The fraction of sp³-hybridized carbons (Fsp3) is 0.318. The topological polar surface area (TPSA) is 48.3 Å². The molecule has 8 heteroatoms. The molecular formula is C22H22F3N3O2. The molecule has 1 aliphatic rings. The molecule has 5 nitrogen and oxygen atoms in total. The Bertz CT molecular complexity index is 1060. The number of anilines is 1. The molecule has 0 spiro atoms. The van der Waals surface area contributed by atoms with Crippen molar-refractivity contribution in [3.8, 4) is 28.4 Å². The van der Waals surface area contributed by atoms with Crippen molar-refractivity contribution >= 4 is 5.82 Å². The summed E-state index contributed by atoms with van der Waals surface area (Å²) in [6.07, 6.45) is -1.75. The largest absolute Gasteiger partial charge is 0.493 e. The van der Waals surface area contributed by atoms with E-state index in [0.29, 0.717) is 28.7 Å². The van der Waals surface area contributed by atoms with E-state index in [1.165, 1.54) is 6.07 Å². The van der Waals surface area contributed by atoms with E-state index in [1.807, 2.05) is 12.1 Å². The van der Waals surface area contributed by atoms with E-state index in [2.05, 4.69) is 5.32 Å².